The zero-order valence-electron chi connectivity index (χ0n) is 16.8. The van der Waals surface area contributed by atoms with Gasteiger partial charge in [-0.25, -0.2) is 0 Å². The van der Waals surface area contributed by atoms with Gasteiger partial charge in [0.05, 0.1) is 0 Å². The number of fused-ring (bicyclic) bond motifs is 5. The van der Waals surface area contributed by atoms with Crippen LogP contribution >= 0.6 is 0 Å². The Balaban J connectivity index is 1.59. The molecule has 0 heterocycles. The van der Waals surface area contributed by atoms with Crippen LogP contribution in [0.25, 0.3) is 0 Å². The largest absolute Gasteiger partial charge is 0.462 e. The molecule has 0 aromatic carbocycles. The fourth-order valence-electron chi connectivity index (χ4n) is 7.63. The number of allylic oxidation sites excluding steroid dienone is 1. The van der Waals surface area contributed by atoms with Gasteiger partial charge in [-0.1, -0.05) is 25.5 Å². The molecule has 4 rings (SSSR count). The van der Waals surface area contributed by atoms with Gasteiger partial charge in [-0.15, -0.1) is 0 Å². The molecule has 1 unspecified atom stereocenters. The van der Waals surface area contributed by atoms with Crippen LogP contribution in [0.4, 0.5) is 0 Å². The predicted molar refractivity (Wildman–Crippen MR) is 101 cm³/mol. The summed E-state index contributed by atoms with van der Waals surface area (Å²) in [6, 6.07) is 0. The van der Waals surface area contributed by atoms with E-state index in [0.717, 1.165) is 43.9 Å². The van der Waals surface area contributed by atoms with E-state index < -0.39 is 0 Å². The fourth-order valence-corrected chi connectivity index (χ4v) is 7.63. The molecule has 0 N–H and O–H groups in total. The second-order valence-corrected chi connectivity index (χ2v) is 10.0. The summed E-state index contributed by atoms with van der Waals surface area (Å²) < 4.78 is 5.53. The number of carbonyl (C=O) groups is 2. The second-order valence-electron chi connectivity index (χ2n) is 10.0. The maximum Gasteiger partial charge on any atom is 0.302 e. The van der Waals surface area contributed by atoms with E-state index in [0.29, 0.717) is 11.7 Å². The number of Topliss-reactive ketones (excluding diaryl/α,β-unsaturated/α-hetero) is 1. The zero-order chi connectivity index (χ0) is 18.7. The maximum atomic E-state index is 12.2. The van der Waals surface area contributed by atoms with Gasteiger partial charge in [0.15, 0.2) is 0 Å². The first-order valence-electron chi connectivity index (χ1n) is 10.6. The van der Waals surface area contributed by atoms with Gasteiger partial charge in [0.1, 0.15) is 11.9 Å². The third-order valence-electron chi connectivity index (χ3n) is 8.88. The molecule has 3 heteroatoms. The van der Waals surface area contributed by atoms with Crippen molar-refractivity contribution in [2.75, 3.05) is 0 Å². The van der Waals surface area contributed by atoms with Crippen molar-refractivity contribution in [3.63, 3.8) is 0 Å². The lowest BCUT2D eigenvalue weighted by Gasteiger charge is -2.58. The molecule has 0 amide bonds. The van der Waals surface area contributed by atoms with Crippen LogP contribution in [0.2, 0.25) is 0 Å². The molecule has 0 saturated heterocycles. The summed E-state index contributed by atoms with van der Waals surface area (Å²) in [5, 5.41) is 0. The monoisotopic (exact) mass is 358 g/mol. The summed E-state index contributed by atoms with van der Waals surface area (Å²) >= 11 is 0. The topological polar surface area (TPSA) is 43.4 Å². The van der Waals surface area contributed by atoms with E-state index in [4.69, 9.17) is 4.74 Å². The molecule has 0 aliphatic heterocycles. The van der Waals surface area contributed by atoms with Crippen LogP contribution in [0, 0.1) is 34.5 Å². The van der Waals surface area contributed by atoms with Crippen molar-refractivity contribution in [3.05, 3.63) is 11.6 Å². The molecule has 4 aliphatic rings. The number of rotatable bonds is 2. The van der Waals surface area contributed by atoms with Gasteiger partial charge in [-0.2, -0.15) is 0 Å². The van der Waals surface area contributed by atoms with Gasteiger partial charge in [-0.05, 0) is 80.5 Å². The standard InChI is InChI=1S/C23H34O3/c1-14(24)19-7-8-20-18-6-5-16-13-17(26-15(2)25)9-11-22(16,3)21(18)10-12-23(19,20)4/h5,17-21H,6-13H2,1-4H3/t17-,18-,19?,20-,21-,22-,23+/m0/s1. The zero-order valence-corrected chi connectivity index (χ0v) is 16.8. The fraction of sp³-hybridized carbons (Fsp3) is 0.826. The summed E-state index contributed by atoms with van der Waals surface area (Å²) in [7, 11) is 0. The van der Waals surface area contributed by atoms with E-state index in [9.17, 15) is 9.59 Å². The number of ketones is 1. The Morgan fingerprint density at radius 2 is 1.81 bits per heavy atom. The molecule has 0 radical (unpaired) electrons. The molecular formula is C23H34O3. The van der Waals surface area contributed by atoms with Crippen molar-refractivity contribution < 1.29 is 14.3 Å². The average Bonchev–Trinajstić information content (AvgIpc) is 2.92. The highest BCUT2D eigenvalue weighted by atomic mass is 16.5. The molecule has 0 bridgehead atoms. The first kappa shape index (κ1) is 18.3. The van der Waals surface area contributed by atoms with Crippen LogP contribution in [0.1, 0.15) is 79.1 Å². The van der Waals surface area contributed by atoms with Crippen molar-refractivity contribution in [1.82, 2.24) is 0 Å². The van der Waals surface area contributed by atoms with Gasteiger partial charge in [0.25, 0.3) is 0 Å². The van der Waals surface area contributed by atoms with Crippen molar-refractivity contribution in [1.29, 1.82) is 0 Å². The van der Waals surface area contributed by atoms with Crippen molar-refractivity contribution in [2.45, 2.75) is 85.2 Å². The van der Waals surface area contributed by atoms with Gasteiger partial charge in [0.2, 0.25) is 0 Å². The summed E-state index contributed by atoms with van der Waals surface area (Å²) in [6.45, 7) is 8.21. The average molecular weight is 359 g/mol. The summed E-state index contributed by atoms with van der Waals surface area (Å²) in [4.78, 5) is 23.6. The molecule has 26 heavy (non-hydrogen) atoms. The number of ether oxygens (including phenoxy) is 1. The third-order valence-corrected chi connectivity index (χ3v) is 8.88. The minimum absolute atomic E-state index is 0.0748. The summed E-state index contributed by atoms with van der Waals surface area (Å²) in [6.07, 6.45) is 11.6. The Bertz CT molecular complexity index is 650. The van der Waals surface area contributed by atoms with E-state index in [1.54, 1.807) is 12.5 Å². The van der Waals surface area contributed by atoms with E-state index in [-0.39, 0.29) is 28.8 Å². The smallest absolute Gasteiger partial charge is 0.302 e. The molecular weight excluding hydrogens is 324 g/mol. The molecule has 144 valence electrons. The van der Waals surface area contributed by atoms with Gasteiger partial charge in [-0.3, -0.25) is 9.59 Å². The number of esters is 1. The Morgan fingerprint density at radius 3 is 2.50 bits per heavy atom. The lowest BCUT2D eigenvalue weighted by Crippen LogP contribution is -2.51. The van der Waals surface area contributed by atoms with E-state index in [2.05, 4.69) is 19.9 Å². The Kier molecular flexibility index (Phi) is 4.36. The first-order valence-corrected chi connectivity index (χ1v) is 10.6. The number of hydrogen-bond acceptors (Lipinski definition) is 3. The maximum absolute atomic E-state index is 12.2. The van der Waals surface area contributed by atoms with Crippen LogP contribution < -0.4 is 0 Å². The molecule has 3 nitrogen and oxygen atoms in total. The summed E-state index contributed by atoms with van der Waals surface area (Å²) in [5.74, 6) is 2.72. The first-order chi connectivity index (χ1) is 12.3. The minimum atomic E-state index is -0.150. The van der Waals surface area contributed by atoms with E-state index >= 15 is 0 Å². The molecule has 3 saturated carbocycles. The highest BCUT2D eigenvalue weighted by Gasteiger charge is 2.59. The van der Waals surface area contributed by atoms with E-state index in [1.165, 1.54) is 26.2 Å². The van der Waals surface area contributed by atoms with Gasteiger partial charge >= 0.3 is 5.97 Å². The van der Waals surface area contributed by atoms with Crippen molar-refractivity contribution in [3.8, 4) is 0 Å². The van der Waals surface area contributed by atoms with Crippen LogP contribution in [0.15, 0.2) is 11.6 Å². The van der Waals surface area contributed by atoms with Crippen LogP contribution in [0.5, 0.6) is 0 Å². The lowest BCUT2D eigenvalue weighted by atomic mass is 9.47. The third kappa shape index (κ3) is 2.60. The normalized spacial score (nSPS) is 47.2. The number of carbonyl (C=O) groups excluding carboxylic acids is 2. The van der Waals surface area contributed by atoms with Crippen LogP contribution in [-0.2, 0) is 14.3 Å². The quantitative estimate of drug-likeness (QED) is 0.510. The highest BCUT2D eigenvalue weighted by molar-refractivity contribution is 5.79. The van der Waals surface area contributed by atoms with Gasteiger partial charge in [0, 0.05) is 19.3 Å². The SMILES string of the molecule is CC(=O)O[C@H]1CC[C@@]2(C)C(=CC[C@@H]3[C@@H]2CC[C@]2(C)C(C(C)=O)CC[C@@H]32)C1. The van der Waals surface area contributed by atoms with Crippen LogP contribution in [0.3, 0.4) is 0 Å². The van der Waals surface area contributed by atoms with Crippen molar-refractivity contribution in [2.24, 2.45) is 34.5 Å². The predicted octanol–water partition coefficient (Wildman–Crippen LogP) is 5.09. The lowest BCUT2D eigenvalue weighted by molar-refractivity contribution is -0.149. The molecule has 3 fully saturated rings. The second kappa shape index (κ2) is 6.21. The number of hydrogen-bond donors (Lipinski definition) is 0. The van der Waals surface area contributed by atoms with E-state index in [1.807, 2.05) is 0 Å². The van der Waals surface area contributed by atoms with Crippen molar-refractivity contribution >= 4 is 11.8 Å². The summed E-state index contributed by atoms with van der Waals surface area (Å²) in [5.41, 5.74) is 2.04. The Hall–Kier alpha value is -1.12. The molecule has 4 aliphatic carbocycles. The highest BCUT2D eigenvalue weighted by Crippen LogP contribution is 2.66. The molecule has 7 atom stereocenters. The van der Waals surface area contributed by atoms with Gasteiger partial charge < -0.3 is 4.74 Å². The Morgan fingerprint density at radius 1 is 1.04 bits per heavy atom. The molecule has 0 aromatic rings. The Labute approximate surface area is 157 Å². The molecule has 0 spiro atoms. The van der Waals surface area contributed by atoms with Crippen LogP contribution in [-0.4, -0.2) is 17.9 Å². The molecule has 0 aromatic heterocycles. The minimum Gasteiger partial charge on any atom is -0.462 e.